The first-order chi connectivity index (χ1) is 9.20. The van der Waals surface area contributed by atoms with Gasteiger partial charge in [0.15, 0.2) is 0 Å². The van der Waals surface area contributed by atoms with E-state index in [2.05, 4.69) is 20.8 Å². The molecule has 1 aliphatic carbocycles. The van der Waals surface area contributed by atoms with Crippen LogP contribution in [0.4, 0.5) is 4.39 Å². The smallest absolute Gasteiger partial charge is 0.141 e. The summed E-state index contributed by atoms with van der Waals surface area (Å²) in [5.41, 5.74) is 7.78. The van der Waals surface area contributed by atoms with Gasteiger partial charge < -0.3 is 5.73 Å². The van der Waals surface area contributed by atoms with Crippen molar-refractivity contribution >= 4 is 11.6 Å². The summed E-state index contributed by atoms with van der Waals surface area (Å²) in [6, 6.07) is 4.94. The van der Waals surface area contributed by atoms with Crippen molar-refractivity contribution in [2.45, 2.75) is 58.4 Å². The second kappa shape index (κ2) is 5.65. The van der Waals surface area contributed by atoms with Gasteiger partial charge in [-0.2, -0.15) is 0 Å². The van der Waals surface area contributed by atoms with Gasteiger partial charge in [-0.05, 0) is 61.1 Å². The molecule has 3 heteroatoms. The van der Waals surface area contributed by atoms with Crippen LogP contribution in [0.3, 0.4) is 0 Å². The molecule has 0 unspecified atom stereocenters. The normalized spacial score (nSPS) is 27.6. The van der Waals surface area contributed by atoms with E-state index in [0.717, 1.165) is 30.7 Å². The Kier molecular flexibility index (Phi) is 4.46. The summed E-state index contributed by atoms with van der Waals surface area (Å²) in [5, 5.41) is 0.189. The standard InChI is InChI=1S/C17H25ClFN/c1-16(2,3)13-6-8-17(20,9-7-13)11-12-4-5-15(19)14(18)10-12/h4-5,10,13H,6-9,11,20H2,1-3H3. The molecule has 1 aromatic carbocycles. The number of hydrogen-bond acceptors (Lipinski definition) is 1. The van der Waals surface area contributed by atoms with Crippen LogP contribution in [0, 0.1) is 17.2 Å². The summed E-state index contributed by atoms with van der Waals surface area (Å²) < 4.78 is 13.2. The van der Waals surface area contributed by atoms with Gasteiger partial charge in [-0.25, -0.2) is 4.39 Å². The largest absolute Gasteiger partial charge is 0.325 e. The van der Waals surface area contributed by atoms with Crippen molar-refractivity contribution < 1.29 is 4.39 Å². The Balaban J connectivity index is 2.01. The maximum atomic E-state index is 13.2. The maximum absolute atomic E-state index is 13.2. The third kappa shape index (κ3) is 3.73. The van der Waals surface area contributed by atoms with Gasteiger partial charge in [-0.3, -0.25) is 0 Å². The van der Waals surface area contributed by atoms with E-state index in [4.69, 9.17) is 17.3 Å². The molecular weight excluding hydrogens is 273 g/mol. The van der Waals surface area contributed by atoms with E-state index < -0.39 is 0 Å². The lowest BCUT2D eigenvalue weighted by Gasteiger charge is -2.42. The van der Waals surface area contributed by atoms with Gasteiger partial charge in [0.2, 0.25) is 0 Å². The third-order valence-corrected chi connectivity index (χ3v) is 5.04. The van der Waals surface area contributed by atoms with Crippen molar-refractivity contribution in [1.29, 1.82) is 0 Å². The lowest BCUT2D eigenvalue weighted by atomic mass is 9.66. The van der Waals surface area contributed by atoms with Gasteiger partial charge in [0.05, 0.1) is 5.02 Å². The molecule has 0 saturated heterocycles. The first-order valence-corrected chi connectivity index (χ1v) is 7.80. The maximum Gasteiger partial charge on any atom is 0.141 e. The Morgan fingerprint density at radius 3 is 2.40 bits per heavy atom. The Labute approximate surface area is 126 Å². The van der Waals surface area contributed by atoms with Crippen LogP contribution in [0.1, 0.15) is 52.0 Å². The molecule has 0 amide bonds. The molecule has 20 heavy (non-hydrogen) atoms. The zero-order valence-electron chi connectivity index (χ0n) is 12.7. The Bertz CT molecular complexity index is 470. The Morgan fingerprint density at radius 2 is 1.90 bits per heavy atom. The summed E-state index contributed by atoms with van der Waals surface area (Å²) >= 11 is 5.84. The minimum Gasteiger partial charge on any atom is -0.325 e. The predicted octanol–water partition coefficient (Wildman–Crippen LogP) is 4.96. The SMILES string of the molecule is CC(C)(C)C1CCC(N)(Cc2ccc(F)c(Cl)c2)CC1. The fourth-order valence-electron chi connectivity index (χ4n) is 3.29. The van der Waals surface area contributed by atoms with Crippen LogP contribution >= 0.6 is 11.6 Å². The second-order valence-electron chi connectivity index (χ2n) is 7.43. The molecular formula is C17H25ClFN. The zero-order chi connectivity index (χ0) is 15.0. The van der Waals surface area contributed by atoms with E-state index in [1.807, 2.05) is 0 Å². The molecule has 0 bridgehead atoms. The van der Waals surface area contributed by atoms with Crippen LogP contribution in [-0.2, 0) is 6.42 Å². The first kappa shape index (κ1) is 15.8. The highest BCUT2D eigenvalue weighted by Crippen LogP contribution is 2.41. The molecule has 0 atom stereocenters. The lowest BCUT2D eigenvalue weighted by molar-refractivity contribution is 0.134. The van der Waals surface area contributed by atoms with Crippen LogP contribution in [0.25, 0.3) is 0 Å². The monoisotopic (exact) mass is 297 g/mol. The summed E-state index contributed by atoms with van der Waals surface area (Å²) in [4.78, 5) is 0. The van der Waals surface area contributed by atoms with E-state index in [0.29, 0.717) is 5.41 Å². The first-order valence-electron chi connectivity index (χ1n) is 7.42. The fraction of sp³-hybridized carbons (Fsp3) is 0.647. The highest BCUT2D eigenvalue weighted by molar-refractivity contribution is 6.30. The molecule has 112 valence electrons. The van der Waals surface area contributed by atoms with E-state index >= 15 is 0 Å². The zero-order valence-corrected chi connectivity index (χ0v) is 13.4. The number of benzene rings is 1. The molecule has 0 aliphatic heterocycles. The van der Waals surface area contributed by atoms with Gasteiger partial charge in [0.25, 0.3) is 0 Å². The highest BCUT2D eigenvalue weighted by atomic mass is 35.5. The van der Waals surface area contributed by atoms with Crippen molar-refractivity contribution in [2.75, 3.05) is 0 Å². The minimum absolute atomic E-state index is 0.164. The fourth-order valence-corrected chi connectivity index (χ4v) is 3.49. The van der Waals surface area contributed by atoms with Gasteiger partial charge in [-0.1, -0.05) is 38.4 Å². The van der Waals surface area contributed by atoms with E-state index in [1.54, 1.807) is 12.1 Å². The molecule has 1 saturated carbocycles. The summed E-state index contributed by atoms with van der Waals surface area (Å²) in [5.74, 6) is 0.383. The molecule has 1 aliphatic rings. The van der Waals surface area contributed by atoms with Crippen LogP contribution < -0.4 is 5.73 Å². The molecule has 0 radical (unpaired) electrons. The summed E-state index contributed by atoms with van der Waals surface area (Å²) in [6.45, 7) is 6.92. The molecule has 1 fully saturated rings. The summed E-state index contributed by atoms with van der Waals surface area (Å²) in [6.07, 6.45) is 5.20. The molecule has 0 heterocycles. The summed E-state index contributed by atoms with van der Waals surface area (Å²) in [7, 11) is 0. The van der Waals surface area contributed by atoms with Crippen LogP contribution in [-0.4, -0.2) is 5.54 Å². The van der Waals surface area contributed by atoms with Gasteiger partial charge in [0, 0.05) is 5.54 Å². The predicted molar refractivity (Wildman–Crippen MR) is 83.4 cm³/mol. The molecule has 2 rings (SSSR count). The second-order valence-corrected chi connectivity index (χ2v) is 7.84. The number of nitrogens with two attached hydrogens (primary N) is 1. The van der Waals surface area contributed by atoms with Crippen LogP contribution in [0.2, 0.25) is 5.02 Å². The molecule has 2 N–H and O–H groups in total. The van der Waals surface area contributed by atoms with Crippen molar-refractivity contribution in [3.63, 3.8) is 0 Å². The van der Waals surface area contributed by atoms with E-state index in [1.165, 1.54) is 18.9 Å². The average molecular weight is 298 g/mol. The number of halogens is 2. The number of rotatable bonds is 2. The van der Waals surface area contributed by atoms with Crippen LogP contribution in [0.5, 0.6) is 0 Å². The van der Waals surface area contributed by atoms with Gasteiger partial charge in [-0.15, -0.1) is 0 Å². The third-order valence-electron chi connectivity index (χ3n) is 4.75. The van der Waals surface area contributed by atoms with Gasteiger partial charge >= 0.3 is 0 Å². The minimum atomic E-state index is -0.363. The van der Waals surface area contributed by atoms with Crippen molar-refractivity contribution in [2.24, 2.45) is 17.1 Å². The Hall–Kier alpha value is -0.600. The van der Waals surface area contributed by atoms with Crippen molar-refractivity contribution in [1.82, 2.24) is 0 Å². The lowest BCUT2D eigenvalue weighted by Crippen LogP contribution is -2.46. The topological polar surface area (TPSA) is 26.0 Å². The highest BCUT2D eigenvalue weighted by Gasteiger charge is 2.36. The van der Waals surface area contributed by atoms with Crippen molar-refractivity contribution in [3.05, 3.63) is 34.6 Å². The van der Waals surface area contributed by atoms with Crippen molar-refractivity contribution in [3.8, 4) is 0 Å². The quantitative estimate of drug-likeness (QED) is 0.820. The van der Waals surface area contributed by atoms with Gasteiger partial charge in [0.1, 0.15) is 5.82 Å². The molecule has 1 nitrogen and oxygen atoms in total. The van der Waals surface area contributed by atoms with E-state index in [9.17, 15) is 4.39 Å². The Morgan fingerprint density at radius 1 is 1.30 bits per heavy atom. The molecule has 1 aromatic rings. The van der Waals surface area contributed by atoms with Crippen LogP contribution in [0.15, 0.2) is 18.2 Å². The molecule has 0 spiro atoms. The number of hydrogen-bond donors (Lipinski definition) is 1. The average Bonchev–Trinajstić information content (AvgIpc) is 2.33. The molecule has 0 aromatic heterocycles. The van der Waals surface area contributed by atoms with E-state index in [-0.39, 0.29) is 16.4 Å².